The molecule has 1 aromatic carbocycles. The summed E-state index contributed by atoms with van der Waals surface area (Å²) in [7, 11) is 1.73. The maximum atomic E-state index is 10.8. The van der Waals surface area contributed by atoms with Crippen molar-refractivity contribution in [3.63, 3.8) is 0 Å². The van der Waals surface area contributed by atoms with Crippen LogP contribution < -0.4 is 0 Å². The number of ether oxygens (including phenoxy) is 1. The van der Waals surface area contributed by atoms with E-state index in [1.54, 1.807) is 7.11 Å². The number of hydrogen-bond acceptors (Lipinski definition) is 2. The van der Waals surface area contributed by atoms with Crippen molar-refractivity contribution in [2.75, 3.05) is 7.11 Å². The van der Waals surface area contributed by atoms with E-state index < -0.39 is 5.60 Å². The highest BCUT2D eigenvalue weighted by Crippen LogP contribution is 2.46. The highest BCUT2D eigenvalue weighted by Gasteiger charge is 2.44. The van der Waals surface area contributed by atoms with Crippen LogP contribution >= 0.6 is 0 Å². The van der Waals surface area contributed by atoms with Gasteiger partial charge in [-0.1, -0.05) is 42.8 Å². The molecule has 0 heterocycles. The Kier molecular flexibility index (Phi) is 4.20. The smallest absolute Gasteiger partial charge is 0.0876 e. The molecule has 1 aliphatic carbocycles. The summed E-state index contributed by atoms with van der Waals surface area (Å²) < 4.78 is 5.67. The summed E-state index contributed by atoms with van der Waals surface area (Å²) in [6.07, 6.45) is 5.34. The number of aliphatic hydroxyl groups is 1. The van der Waals surface area contributed by atoms with E-state index in [1.807, 2.05) is 24.3 Å². The van der Waals surface area contributed by atoms with Crippen LogP contribution in [0.15, 0.2) is 43.0 Å². The fourth-order valence-corrected chi connectivity index (χ4v) is 3.19. The third kappa shape index (κ3) is 2.50. The predicted octanol–water partition coefficient (Wildman–Crippen LogP) is 3.48. The van der Waals surface area contributed by atoms with Crippen LogP contribution in [-0.2, 0) is 4.74 Å². The molecule has 1 saturated carbocycles. The molecule has 0 aromatic heterocycles. The molecule has 3 atom stereocenters. The summed E-state index contributed by atoms with van der Waals surface area (Å²) in [5.41, 5.74) is 0.493. The van der Waals surface area contributed by atoms with Gasteiger partial charge >= 0.3 is 0 Å². The molecule has 98 valence electrons. The molecule has 0 spiro atoms. The third-order valence-electron chi connectivity index (χ3n) is 4.06. The van der Waals surface area contributed by atoms with Crippen molar-refractivity contribution < 1.29 is 9.84 Å². The second kappa shape index (κ2) is 5.68. The molecule has 1 fully saturated rings. The Morgan fingerprint density at radius 2 is 2.22 bits per heavy atom. The van der Waals surface area contributed by atoms with E-state index in [2.05, 4.69) is 18.7 Å². The molecule has 0 unspecified atom stereocenters. The molecule has 1 aliphatic rings. The zero-order valence-electron chi connectivity index (χ0n) is 11.0. The van der Waals surface area contributed by atoms with Gasteiger partial charge in [-0.3, -0.25) is 0 Å². The Labute approximate surface area is 109 Å². The van der Waals surface area contributed by atoms with E-state index in [-0.39, 0.29) is 12.0 Å². The van der Waals surface area contributed by atoms with Crippen LogP contribution in [0.25, 0.3) is 0 Å². The van der Waals surface area contributed by atoms with Gasteiger partial charge < -0.3 is 9.84 Å². The molecule has 0 amide bonds. The minimum Gasteiger partial charge on any atom is -0.389 e. The summed E-state index contributed by atoms with van der Waals surface area (Å²) in [5.74, 6) is 0.155. The maximum absolute atomic E-state index is 10.8. The average molecular weight is 246 g/mol. The molecular weight excluding hydrogens is 224 g/mol. The summed E-state index contributed by atoms with van der Waals surface area (Å²) in [6.45, 7) is 3.76. The first-order valence-electron chi connectivity index (χ1n) is 6.62. The summed E-state index contributed by atoms with van der Waals surface area (Å²) in [5, 5.41) is 10.8. The van der Waals surface area contributed by atoms with Gasteiger partial charge in [0.1, 0.15) is 0 Å². The summed E-state index contributed by atoms with van der Waals surface area (Å²) in [4.78, 5) is 0. The molecule has 0 saturated heterocycles. The number of rotatable bonds is 5. The Balaban J connectivity index is 2.25. The number of methoxy groups -OCH3 is 1. The molecule has 1 aromatic rings. The lowest BCUT2D eigenvalue weighted by atomic mass is 9.81. The third-order valence-corrected chi connectivity index (χ3v) is 4.06. The largest absolute Gasteiger partial charge is 0.389 e. The predicted molar refractivity (Wildman–Crippen MR) is 73.3 cm³/mol. The summed E-state index contributed by atoms with van der Waals surface area (Å²) >= 11 is 0. The first-order valence-corrected chi connectivity index (χ1v) is 6.62. The molecule has 2 heteroatoms. The van der Waals surface area contributed by atoms with E-state index in [9.17, 15) is 5.11 Å². The molecular formula is C16H22O2. The zero-order valence-corrected chi connectivity index (χ0v) is 11.0. The Morgan fingerprint density at radius 1 is 1.50 bits per heavy atom. The van der Waals surface area contributed by atoms with Crippen molar-refractivity contribution in [3.05, 3.63) is 48.6 Å². The van der Waals surface area contributed by atoms with E-state index >= 15 is 0 Å². The van der Waals surface area contributed by atoms with E-state index in [4.69, 9.17) is 4.74 Å². The van der Waals surface area contributed by atoms with Gasteiger partial charge in [0.25, 0.3) is 0 Å². The van der Waals surface area contributed by atoms with Gasteiger partial charge in [-0.2, -0.15) is 0 Å². The van der Waals surface area contributed by atoms with Gasteiger partial charge in [-0.05, 0) is 24.8 Å². The van der Waals surface area contributed by atoms with Gasteiger partial charge in [0.15, 0.2) is 0 Å². The fraction of sp³-hybridized carbons (Fsp3) is 0.500. The SMILES string of the molecule is C=CC[C@]1(O)CCC[C@H]1[C@@H](OC)c1ccccc1. The topological polar surface area (TPSA) is 29.5 Å². The zero-order chi connectivity index (χ0) is 13.0. The second-order valence-electron chi connectivity index (χ2n) is 5.16. The highest BCUT2D eigenvalue weighted by molar-refractivity contribution is 5.20. The number of hydrogen-bond donors (Lipinski definition) is 1. The maximum Gasteiger partial charge on any atom is 0.0876 e. The standard InChI is InChI=1S/C16H22O2/c1-3-11-16(17)12-7-10-14(16)15(18-2)13-8-5-4-6-9-13/h3-6,8-9,14-15,17H,1,7,10-12H2,2H3/t14-,15-,16-/m0/s1. The van der Waals surface area contributed by atoms with Crippen LogP contribution in [0.5, 0.6) is 0 Å². The molecule has 1 N–H and O–H groups in total. The highest BCUT2D eigenvalue weighted by atomic mass is 16.5. The van der Waals surface area contributed by atoms with Crippen LogP contribution in [0.1, 0.15) is 37.4 Å². The van der Waals surface area contributed by atoms with E-state index in [1.165, 1.54) is 0 Å². The van der Waals surface area contributed by atoms with Gasteiger partial charge in [0.2, 0.25) is 0 Å². The second-order valence-corrected chi connectivity index (χ2v) is 5.16. The number of benzene rings is 1. The monoisotopic (exact) mass is 246 g/mol. The molecule has 18 heavy (non-hydrogen) atoms. The van der Waals surface area contributed by atoms with E-state index in [0.29, 0.717) is 6.42 Å². The Bertz CT molecular complexity index is 387. The van der Waals surface area contributed by atoms with Gasteiger partial charge in [0.05, 0.1) is 11.7 Å². The van der Waals surface area contributed by atoms with Crippen LogP contribution in [0.2, 0.25) is 0 Å². The van der Waals surface area contributed by atoms with Gasteiger partial charge in [-0.25, -0.2) is 0 Å². The minimum atomic E-state index is -0.654. The van der Waals surface area contributed by atoms with Crippen molar-refractivity contribution in [3.8, 4) is 0 Å². The van der Waals surface area contributed by atoms with E-state index in [0.717, 1.165) is 24.8 Å². The summed E-state index contributed by atoms with van der Waals surface area (Å²) in [6, 6.07) is 10.2. The first kappa shape index (κ1) is 13.3. The molecule has 2 nitrogen and oxygen atoms in total. The lowest BCUT2D eigenvalue weighted by Gasteiger charge is -2.34. The van der Waals surface area contributed by atoms with Crippen molar-refractivity contribution in [1.29, 1.82) is 0 Å². The fourth-order valence-electron chi connectivity index (χ4n) is 3.19. The quantitative estimate of drug-likeness (QED) is 0.806. The van der Waals surface area contributed by atoms with Crippen LogP contribution in [0.3, 0.4) is 0 Å². The first-order chi connectivity index (χ1) is 8.71. The van der Waals surface area contributed by atoms with Crippen molar-refractivity contribution >= 4 is 0 Å². The van der Waals surface area contributed by atoms with Crippen LogP contribution in [-0.4, -0.2) is 17.8 Å². The Morgan fingerprint density at radius 3 is 2.83 bits per heavy atom. The average Bonchev–Trinajstić information content (AvgIpc) is 2.74. The lowest BCUT2D eigenvalue weighted by Crippen LogP contribution is -2.36. The minimum absolute atomic E-state index is 0.0290. The van der Waals surface area contributed by atoms with Gasteiger partial charge in [-0.15, -0.1) is 6.58 Å². The van der Waals surface area contributed by atoms with Gasteiger partial charge in [0, 0.05) is 13.0 Å². The van der Waals surface area contributed by atoms with Crippen molar-refractivity contribution in [2.24, 2.45) is 5.92 Å². The normalized spacial score (nSPS) is 29.1. The van der Waals surface area contributed by atoms with Crippen molar-refractivity contribution in [2.45, 2.75) is 37.4 Å². The Hall–Kier alpha value is -1.12. The molecule has 0 bridgehead atoms. The lowest BCUT2D eigenvalue weighted by molar-refractivity contribution is -0.0656. The van der Waals surface area contributed by atoms with Crippen LogP contribution in [0, 0.1) is 5.92 Å². The molecule has 0 radical (unpaired) electrons. The molecule has 2 rings (SSSR count). The van der Waals surface area contributed by atoms with Crippen LogP contribution in [0.4, 0.5) is 0 Å². The molecule has 0 aliphatic heterocycles. The van der Waals surface area contributed by atoms with Crippen molar-refractivity contribution in [1.82, 2.24) is 0 Å².